The normalized spacial score (nSPS) is 26.2. The number of amidine groups is 1. The molecule has 0 spiro atoms. The van der Waals surface area contributed by atoms with Crippen molar-refractivity contribution in [2.75, 3.05) is 0 Å². The number of fused-ring (bicyclic) bond motifs is 1. The van der Waals surface area contributed by atoms with Gasteiger partial charge in [0.2, 0.25) is 0 Å². The van der Waals surface area contributed by atoms with E-state index >= 15 is 0 Å². The molecular weight excluding hydrogens is 270 g/mol. The van der Waals surface area contributed by atoms with Crippen LogP contribution in [-0.4, -0.2) is 23.0 Å². The van der Waals surface area contributed by atoms with Gasteiger partial charge in [-0.2, -0.15) is 0 Å². The Morgan fingerprint density at radius 2 is 1.82 bits per heavy atom. The molecule has 0 aromatic carbocycles. The number of hydrogen-bond donors (Lipinski definition) is 0. The fourth-order valence-corrected chi connectivity index (χ4v) is 2.37. The molecule has 2 aliphatic rings. The summed E-state index contributed by atoms with van der Waals surface area (Å²) in [5, 5.41) is 23.4. The largest absolute Gasteiger partial charge is 1.00 e. The van der Waals surface area contributed by atoms with Gasteiger partial charge < -0.3 is 15.1 Å². The molecule has 0 unspecified atom stereocenters. The minimum atomic E-state index is -0.335. The molecule has 0 saturated heterocycles. The van der Waals surface area contributed by atoms with Crippen LogP contribution in [0.15, 0.2) is 16.4 Å². The summed E-state index contributed by atoms with van der Waals surface area (Å²) in [4.78, 5) is 5.41. The van der Waals surface area contributed by atoms with Gasteiger partial charge in [-0.15, -0.1) is 0 Å². The van der Waals surface area contributed by atoms with E-state index in [-0.39, 0.29) is 127 Å². The molecule has 1 saturated carbocycles. The van der Waals surface area contributed by atoms with E-state index in [1.165, 1.54) is 4.90 Å². The summed E-state index contributed by atoms with van der Waals surface area (Å²) in [6.45, 7) is 3.48. The van der Waals surface area contributed by atoms with Crippen LogP contribution in [0.1, 0.15) is 39.5 Å². The van der Waals surface area contributed by atoms with E-state index < -0.39 is 0 Å². The topological polar surface area (TPSA) is 61.7 Å². The molecule has 0 aromatic rings. The Bertz CT molecular complexity index is 327. The average Bonchev–Trinajstić information content (AvgIpc) is 2.52. The Hall–Kier alpha value is 2.08. The van der Waals surface area contributed by atoms with Gasteiger partial charge in [0.25, 0.3) is 0 Å². The summed E-state index contributed by atoms with van der Waals surface area (Å²) >= 11 is 0. The summed E-state index contributed by atoms with van der Waals surface area (Å²) in [6.07, 6.45) is 4.08. The number of hydrogen-bond acceptors (Lipinski definition) is 4. The average molecular weight is 286 g/mol. The van der Waals surface area contributed by atoms with Crippen molar-refractivity contribution in [2.24, 2.45) is 4.99 Å². The Balaban J connectivity index is 0.00000128. The van der Waals surface area contributed by atoms with E-state index in [9.17, 15) is 10.2 Å². The Morgan fingerprint density at radius 1 is 1.24 bits per heavy atom. The van der Waals surface area contributed by atoms with Crippen molar-refractivity contribution in [3.05, 3.63) is 11.5 Å². The number of aliphatic imine (C=N–C) groups is 1. The van der Waals surface area contributed by atoms with Crippen LogP contribution in [0.3, 0.4) is 0 Å². The molecule has 0 amide bonds. The van der Waals surface area contributed by atoms with E-state index in [4.69, 9.17) is 0 Å². The van der Waals surface area contributed by atoms with Crippen molar-refractivity contribution in [1.29, 1.82) is 0 Å². The van der Waals surface area contributed by atoms with Gasteiger partial charge in [-0.25, -0.2) is 0 Å². The van der Waals surface area contributed by atoms with Gasteiger partial charge >= 0.3 is 103 Å². The first-order chi connectivity index (χ1) is 7.11. The maximum absolute atomic E-state index is 11.8. The molecule has 1 aliphatic heterocycles. The first-order valence-corrected chi connectivity index (χ1v) is 5.50. The van der Waals surface area contributed by atoms with Crippen LogP contribution in [-0.2, 0) is 0 Å². The van der Waals surface area contributed by atoms with Crippen LogP contribution in [0, 0.1) is 0 Å². The third-order valence-corrected chi connectivity index (χ3v) is 3.15. The summed E-state index contributed by atoms with van der Waals surface area (Å²) in [5.74, 6) is -0.154. The van der Waals surface area contributed by atoms with Gasteiger partial charge in [0.1, 0.15) is 0 Å². The number of allylic oxidation sites excluding steroid dienone is 1. The van der Waals surface area contributed by atoms with E-state index in [1.54, 1.807) is 13.8 Å². The molecule has 4 nitrogen and oxygen atoms in total. The molecule has 84 valence electrons. The molecule has 0 bridgehead atoms. The molecule has 1 aliphatic carbocycles. The minimum Gasteiger partial charge on any atom is -0.860 e. The number of nitrogens with zero attached hydrogens (tertiary/aromatic N) is 2. The third-order valence-electron chi connectivity index (χ3n) is 3.15. The molecule has 0 N–H and O–H groups in total. The molecule has 2 rings (SSSR count). The van der Waals surface area contributed by atoms with Gasteiger partial charge in [0.15, 0.2) is 0 Å². The monoisotopic (exact) mass is 286 g/mol. The smallest absolute Gasteiger partial charge is 0.860 e. The summed E-state index contributed by atoms with van der Waals surface area (Å²) in [7, 11) is 0. The molecule has 1 heterocycles. The van der Waals surface area contributed by atoms with Gasteiger partial charge in [0.05, 0.1) is 18.1 Å². The summed E-state index contributed by atoms with van der Waals surface area (Å²) < 4.78 is 0. The first-order valence-electron chi connectivity index (χ1n) is 5.50. The predicted molar refractivity (Wildman–Crippen MR) is 53.7 cm³/mol. The number of rotatable bonds is 1. The van der Waals surface area contributed by atoms with Gasteiger partial charge in [0, 0.05) is 0 Å². The Kier molecular flexibility index (Phi) is 9.42. The van der Waals surface area contributed by atoms with Crippen molar-refractivity contribution >= 4 is 6.02 Å². The SMILES string of the molecule is CC(C)=C([O-])N1C([O-])=N[C@@H]2CCCC[C@H]21.[K+].[K+]. The molecular formula is C11H16K2N2O2. The minimum absolute atomic E-state index is 0. The summed E-state index contributed by atoms with van der Waals surface area (Å²) in [6, 6.07) is -0.235. The van der Waals surface area contributed by atoms with Crippen LogP contribution in [0.2, 0.25) is 0 Å². The summed E-state index contributed by atoms with van der Waals surface area (Å²) in [5.41, 5.74) is 0.657. The Morgan fingerprint density at radius 3 is 2.41 bits per heavy atom. The molecule has 6 heteroatoms. The first kappa shape index (κ1) is 19.1. The van der Waals surface area contributed by atoms with Crippen LogP contribution in [0.25, 0.3) is 0 Å². The van der Waals surface area contributed by atoms with Crippen molar-refractivity contribution in [1.82, 2.24) is 4.90 Å². The van der Waals surface area contributed by atoms with Crippen molar-refractivity contribution in [2.45, 2.75) is 51.6 Å². The zero-order valence-corrected chi connectivity index (χ0v) is 17.4. The standard InChI is InChI=1S/C11H18N2O2.2K/c1-7(2)10(14)13-9-6-4-3-5-8(9)12-11(13)15;;/h8-9,14H,3-6H2,1-2H3,(H,12,15);;/q;2*+1/p-2/t8-,9-;;/m1../s1. The molecule has 0 radical (unpaired) electrons. The zero-order valence-electron chi connectivity index (χ0n) is 11.2. The van der Waals surface area contributed by atoms with Gasteiger partial charge in [-0.05, 0) is 32.6 Å². The van der Waals surface area contributed by atoms with Crippen molar-refractivity contribution < 1.29 is 113 Å². The van der Waals surface area contributed by atoms with Crippen LogP contribution < -0.4 is 113 Å². The maximum atomic E-state index is 11.8. The maximum Gasteiger partial charge on any atom is 1.00 e. The second kappa shape index (κ2) is 8.39. The van der Waals surface area contributed by atoms with E-state index in [0.717, 1.165) is 25.7 Å². The van der Waals surface area contributed by atoms with E-state index in [0.29, 0.717) is 5.57 Å². The fraction of sp³-hybridized carbons (Fsp3) is 0.727. The van der Waals surface area contributed by atoms with Crippen molar-refractivity contribution in [3.63, 3.8) is 0 Å². The molecule has 17 heavy (non-hydrogen) atoms. The quantitative estimate of drug-likeness (QED) is 0.356. The van der Waals surface area contributed by atoms with Gasteiger partial charge in [-0.3, -0.25) is 4.99 Å². The molecule has 2 atom stereocenters. The molecule has 0 aromatic heterocycles. The Labute approximate surface area is 188 Å². The van der Waals surface area contributed by atoms with Crippen LogP contribution in [0.5, 0.6) is 0 Å². The van der Waals surface area contributed by atoms with Crippen LogP contribution in [0.4, 0.5) is 0 Å². The fourth-order valence-electron chi connectivity index (χ4n) is 2.37. The van der Waals surface area contributed by atoms with E-state index in [1.807, 2.05) is 0 Å². The molecule has 1 fully saturated rings. The van der Waals surface area contributed by atoms with Gasteiger partial charge in [-0.1, -0.05) is 18.4 Å². The zero-order chi connectivity index (χ0) is 11.0. The second-order valence-electron chi connectivity index (χ2n) is 4.51. The third kappa shape index (κ3) is 4.27. The second-order valence-corrected chi connectivity index (χ2v) is 4.51. The van der Waals surface area contributed by atoms with Crippen molar-refractivity contribution in [3.8, 4) is 0 Å². The van der Waals surface area contributed by atoms with Crippen LogP contribution >= 0.6 is 0 Å². The predicted octanol–water partition coefficient (Wildman–Crippen LogP) is -6.05. The van der Waals surface area contributed by atoms with E-state index in [2.05, 4.69) is 4.99 Å².